The lowest BCUT2D eigenvalue weighted by Gasteiger charge is -2.22. The van der Waals surface area contributed by atoms with Gasteiger partial charge in [0.25, 0.3) is 0 Å². The molecule has 0 radical (unpaired) electrons. The number of nitrogens with zero attached hydrogens (tertiary/aromatic N) is 3. The molecule has 0 aliphatic heterocycles. The third-order valence-electron chi connectivity index (χ3n) is 4.45. The fourth-order valence-electron chi connectivity index (χ4n) is 2.94. The van der Waals surface area contributed by atoms with Gasteiger partial charge in [-0.2, -0.15) is 13.2 Å². The number of hydrogen-bond acceptors (Lipinski definition) is 4. The highest BCUT2D eigenvalue weighted by atomic mass is 35.5. The van der Waals surface area contributed by atoms with Crippen LogP contribution in [0.5, 0.6) is 0 Å². The van der Waals surface area contributed by atoms with Crippen LogP contribution in [0.1, 0.15) is 24.8 Å². The van der Waals surface area contributed by atoms with Gasteiger partial charge < -0.3 is 5.11 Å². The van der Waals surface area contributed by atoms with E-state index in [2.05, 4.69) is 9.97 Å². The zero-order valence-electron chi connectivity index (χ0n) is 16.5. The summed E-state index contributed by atoms with van der Waals surface area (Å²) in [6.45, 7) is 0. The molecule has 3 aromatic rings. The summed E-state index contributed by atoms with van der Waals surface area (Å²) < 4.78 is 38.8. The zero-order chi connectivity index (χ0) is 23.3. The molecule has 1 amide bonds. The van der Waals surface area contributed by atoms with E-state index in [9.17, 15) is 22.8 Å². The molecule has 0 saturated heterocycles. The summed E-state index contributed by atoms with van der Waals surface area (Å²) in [5.41, 5.74) is 0.370. The van der Waals surface area contributed by atoms with E-state index in [0.717, 1.165) is 29.2 Å². The zero-order valence-corrected chi connectivity index (χ0v) is 17.3. The molecule has 10 heteroatoms. The summed E-state index contributed by atoms with van der Waals surface area (Å²) in [7, 11) is 0. The van der Waals surface area contributed by atoms with Crippen LogP contribution < -0.4 is 4.90 Å². The van der Waals surface area contributed by atoms with E-state index < -0.39 is 23.6 Å². The molecule has 0 spiro atoms. The summed E-state index contributed by atoms with van der Waals surface area (Å²) in [6, 6.07) is 12.5. The number of rotatable bonds is 7. The average Bonchev–Trinajstić information content (AvgIpc) is 2.74. The van der Waals surface area contributed by atoms with E-state index >= 15 is 0 Å². The van der Waals surface area contributed by atoms with Crippen molar-refractivity contribution in [3.05, 3.63) is 71.4 Å². The highest BCUT2D eigenvalue weighted by Crippen LogP contribution is 2.32. The van der Waals surface area contributed by atoms with E-state index in [1.54, 1.807) is 30.3 Å². The van der Waals surface area contributed by atoms with Crippen molar-refractivity contribution in [1.29, 1.82) is 0 Å². The molecule has 0 atom stereocenters. The Labute approximate surface area is 186 Å². The number of halogens is 4. The number of benzene rings is 2. The number of alkyl halides is 3. The fourth-order valence-corrected chi connectivity index (χ4v) is 3.13. The molecule has 6 nitrogen and oxygen atoms in total. The molecule has 0 aliphatic carbocycles. The molecular weight excluding hydrogens is 447 g/mol. The second-order valence-corrected chi connectivity index (χ2v) is 7.21. The number of carbonyl (C=O) groups is 2. The highest BCUT2D eigenvalue weighted by Gasteiger charge is 2.31. The van der Waals surface area contributed by atoms with Crippen LogP contribution in [-0.2, 0) is 15.8 Å². The van der Waals surface area contributed by atoms with Crippen molar-refractivity contribution >= 4 is 35.1 Å². The topological polar surface area (TPSA) is 83.4 Å². The van der Waals surface area contributed by atoms with Crippen molar-refractivity contribution in [2.45, 2.75) is 25.4 Å². The van der Waals surface area contributed by atoms with Gasteiger partial charge in [-0.15, -0.1) is 0 Å². The van der Waals surface area contributed by atoms with Crippen LogP contribution in [0.3, 0.4) is 0 Å². The monoisotopic (exact) mass is 463 g/mol. The third kappa shape index (κ3) is 5.82. The highest BCUT2D eigenvalue weighted by molar-refractivity contribution is 6.30. The van der Waals surface area contributed by atoms with Crippen molar-refractivity contribution in [1.82, 2.24) is 9.97 Å². The SMILES string of the molecule is O=C(O)CCCC(=O)N(c1ccc(C(F)(F)F)cc1)c1nccc(-c2cccc(Cl)c2)n1. The quantitative estimate of drug-likeness (QED) is 0.483. The first-order valence-electron chi connectivity index (χ1n) is 9.46. The summed E-state index contributed by atoms with van der Waals surface area (Å²) in [5, 5.41) is 9.30. The van der Waals surface area contributed by atoms with Gasteiger partial charge in [-0.3, -0.25) is 9.59 Å². The van der Waals surface area contributed by atoms with Gasteiger partial charge >= 0.3 is 12.1 Å². The first-order chi connectivity index (χ1) is 15.1. The average molecular weight is 464 g/mol. The maximum Gasteiger partial charge on any atom is 0.416 e. The van der Waals surface area contributed by atoms with Crippen molar-refractivity contribution in [3.8, 4) is 11.3 Å². The summed E-state index contributed by atoms with van der Waals surface area (Å²) in [4.78, 5) is 33.3. The number of hydrogen-bond donors (Lipinski definition) is 1. The molecule has 3 rings (SSSR count). The minimum atomic E-state index is -4.53. The standard InChI is InChI=1S/C22H17ClF3N3O3/c23-16-4-1-3-14(13-16)18-11-12-27-21(28-18)29(19(30)5-2-6-20(31)32)17-9-7-15(8-10-17)22(24,25)26/h1,3-4,7-13H,2,5-6H2,(H,31,32). The lowest BCUT2D eigenvalue weighted by Crippen LogP contribution is -2.27. The van der Waals surface area contributed by atoms with Crippen LogP contribution in [0.4, 0.5) is 24.8 Å². The number of amides is 1. The number of aromatic nitrogens is 2. The van der Waals surface area contributed by atoms with Crippen molar-refractivity contribution in [2.75, 3.05) is 4.90 Å². The number of aliphatic carboxylic acids is 1. The Balaban J connectivity index is 2.00. The van der Waals surface area contributed by atoms with Gasteiger partial charge in [0, 0.05) is 29.6 Å². The van der Waals surface area contributed by atoms with Crippen molar-refractivity contribution in [2.24, 2.45) is 0 Å². The summed E-state index contributed by atoms with van der Waals surface area (Å²) >= 11 is 6.03. The van der Waals surface area contributed by atoms with Crippen LogP contribution in [0.15, 0.2) is 60.8 Å². The molecule has 1 aromatic heterocycles. The Bertz CT molecular complexity index is 1120. The Kier molecular flexibility index (Phi) is 7.09. The summed E-state index contributed by atoms with van der Waals surface area (Å²) in [5.74, 6) is -1.66. The van der Waals surface area contributed by atoms with E-state index in [1.807, 2.05) is 0 Å². The van der Waals surface area contributed by atoms with E-state index in [-0.39, 0.29) is 30.9 Å². The maximum absolute atomic E-state index is 12.9. The van der Waals surface area contributed by atoms with Crippen molar-refractivity contribution < 1.29 is 27.9 Å². The van der Waals surface area contributed by atoms with Gasteiger partial charge in [0.05, 0.1) is 16.9 Å². The second kappa shape index (κ2) is 9.78. The van der Waals surface area contributed by atoms with Crippen molar-refractivity contribution in [3.63, 3.8) is 0 Å². The number of carbonyl (C=O) groups excluding carboxylic acids is 1. The smallest absolute Gasteiger partial charge is 0.416 e. The molecule has 166 valence electrons. The van der Waals surface area contributed by atoms with E-state index in [1.165, 1.54) is 6.20 Å². The van der Waals surface area contributed by atoms with Crippen LogP contribution in [0.2, 0.25) is 5.02 Å². The lowest BCUT2D eigenvalue weighted by atomic mass is 10.1. The number of carboxylic acids is 1. The van der Waals surface area contributed by atoms with Gasteiger partial charge in [-0.1, -0.05) is 23.7 Å². The molecule has 32 heavy (non-hydrogen) atoms. The minimum absolute atomic E-state index is 0.0532. The van der Waals surface area contributed by atoms with Gasteiger partial charge in [-0.25, -0.2) is 14.9 Å². The molecule has 0 fully saturated rings. The van der Waals surface area contributed by atoms with Crippen LogP contribution in [0.25, 0.3) is 11.3 Å². The van der Waals surface area contributed by atoms with E-state index in [0.29, 0.717) is 16.3 Å². The Morgan fingerprint density at radius 3 is 2.38 bits per heavy atom. The molecule has 1 N–H and O–H groups in total. The molecule has 1 heterocycles. The molecule has 2 aromatic carbocycles. The minimum Gasteiger partial charge on any atom is -0.481 e. The molecule has 0 unspecified atom stereocenters. The molecule has 0 saturated carbocycles. The van der Waals surface area contributed by atoms with Crippen LogP contribution in [-0.4, -0.2) is 27.0 Å². The number of anilines is 2. The fraction of sp³-hybridized carbons (Fsp3) is 0.182. The first kappa shape index (κ1) is 23.2. The molecular formula is C22H17ClF3N3O3. The van der Waals surface area contributed by atoms with Crippen LogP contribution in [0, 0.1) is 0 Å². The van der Waals surface area contributed by atoms with Gasteiger partial charge in [-0.05, 0) is 48.9 Å². The Morgan fingerprint density at radius 1 is 1.03 bits per heavy atom. The van der Waals surface area contributed by atoms with Gasteiger partial charge in [0.15, 0.2) is 0 Å². The Morgan fingerprint density at radius 2 is 1.75 bits per heavy atom. The largest absolute Gasteiger partial charge is 0.481 e. The Hall–Kier alpha value is -3.46. The first-order valence-corrected chi connectivity index (χ1v) is 9.84. The predicted molar refractivity (Wildman–Crippen MR) is 113 cm³/mol. The van der Waals surface area contributed by atoms with E-state index in [4.69, 9.17) is 16.7 Å². The predicted octanol–water partition coefficient (Wildman–Crippen LogP) is 5.74. The molecule has 0 bridgehead atoms. The summed E-state index contributed by atoms with van der Waals surface area (Å²) in [6.07, 6.45) is -3.44. The maximum atomic E-state index is 12.9. The van der Waals surface area contributed by atoms with Crippen LogP contribution >= 0.6 is 11.6 Å². The second-order valence-electron chi connectivity index (χ2n) is 6.77. The third-order valence-corrected chi connectivity index (χ3v) is 4.68. The van der Waals surface area contributed by atoms with Gasteiger partial charge in [0.1, 0.15) is 0 Å². The molecule has 0 aliphatic rings. The van der Waals surface area contributed by atoms with Gasteiger partial charge in [0.2, 0.25) is 11.9 Å². The lowest BCUT2D eigenvalue weighted by molar-refractivity contribution is -0.138. The number of carboxylic acid groups (broad SMARTS) is 1. The normalized spacial score (nSPS) is 11.2.